The molecule has 0 spiro atoms. The van der Waals surface area contributed by atoms with Gasteiger partial charge in [-0.15, -0.1) is 6.58 Å². The van der Waals surface area contributed by atoms with Gasteiger partial charge in [0.05, 0.1) is 18.3 Å². The number of amides is 2. The smallest absolute Gasteiger partial charge is 0.267 e. The Morgan fingerprint density at radius 1 is 1.15 bits per heavy atom. The lowest BCUT2D eigenvalue weighted by molar-refractivity contribution is -0.134. The molecule has 0 bridgehead atoms. The summed E-state index contributed by atoms with van der Waals surface area (Å²) < 4.78 is 14.0. The topological polar surface area (TPSA) is 95.2 Å². The number of nitrogens with zero attached hydrogens (tertiary/aromatic N) is 2. The molecule has 0 radical (unpaired) electrons. The SMILES string of the molecule is C=CC(C)(C)[C@H]1CC[C@@H](c2cccc(F)c2)N1C(=O)CNC(=O)c1ccc(Cc2cc(C)n[nH]c2=O)c(C)c1. The van der Waals surface area contributed by atoms with Crippen LogP contribution in [0.1, 0.15) is 71.0 Å². The number of H-pyrrole nitrogens is 1. The number of rotatable bonds is 8. The van der Waals surface area contributed by atoms with Gasteiger partial charge in [0.1, 0.15) is 5.82 Å². The van der Waals surface area contributed by atoms with Crippen molar-refractivity contribution in [2.75, 3.05) is 6.54 Å². The summed E-state index contributed by atoms with van der Waals surface area (Å²) in [4.78, 5) is 40.5. The number of aryl methyl sites for hydroxylation is 2. The van der Waals surface area contributed by atoms with E-state index in [0.29, 0.717) is 24.0 Å². The minimum Gasteiger partial charge on any atom is -0.343 e. The Labute approximate surface area is 228 Å². The van der Waals surface area contributed by atoms with E-state index in [4.69, 9.17) is 0 Å². The summed E-state index contributed by atoms with van der Waals surface area (Å²) in [5.41, 5.74) is 3.68. The van der Waals surface area contributed by atoms with Crippen LogP contribution in [-0.4, -0.2) is 39.5 Å². The van der Waals surface area contributed by atoms with Crippen LogP contribution in [-0.2, 0) is 11.2 Å². The van der Waals surface area contributed by atoms with Crippen LogP contribution in [0.25, 0.3) is 0 Å². The first-order valence-electron chi connectivity index (χ1n) is 13.1. The zero-order chi connectivity index (χ0) is 28.3. The average Bonchev–Trinajstić information content (AvgIpc) is 3.37. The van der Waals surface area contributed by atoms with E-state index >= 15 is 0 Å². The first kappa shape index (κ1) is 28.0. The number of aromatic nitrogens is 2. The summed E-state index contributed by atoms with van der Waals surface area (Å²) >= 11 is 0. The summed E-state index contributed by atoms with van der Waals surface area (Å²) in [5, 5.41) is 9.17. The van der Waals surface area contributed by atoms with Crippen molar-refractivity contribution in [2.24, 2.45) is 5.41 Å². The normalized spacial score (nSPS) is 17.2. The van der Waals surface area contributed by atoms with Crippen LogP contribution in [0.2, 0.25) is 0 Å². The van der Waals surface area contributed by atoms with Gasteiger partial charge >= 0.3 is 0 Å². The first-order valence-corrected chi connectivity index (χ1v) is 13.1. The van der Waals surface area contributed by atoms with Gasteiger partial charge in [-0.3, -0.25) is 14.4 Å². The molecule has 4 rings (SSSR count). The van der Waals surface area contributed by atoms with Crippen LogP contribution in [0.15, 0.2) is 66.0 Å². The molecule has 0 saturated carbocycles. The Hall–Kier alpha value is -4.07. The van der Waals surface area contributed by atoms with Crippen molar-refractivity contribution >= 4 is 11.8 Å². The van der Waals surface area contributed by atoms with Gasteiger partial charge in [0.25, 0.3) is 11.5 Å². The molecule has 39 heavy (non-hydrogen) atoms. The second-order valence-corrected chi connectivity index (χ2v) is 10.9. The molecular formula is C31H35FN4O3. The molecule has 1 aliphatic rings. The van der Waals surface area contributed by atoms with E-state index in [1.165, 1.54) is 12.1 Å². The molecule has 3 aromatic rings. The Balaban J connectivity index is 1.48. The maximum atomic E-state index is 14.0. The van der Waals surface area contributed by atoms with Gasteiger partial charge in [-0.25, -0.2) is 9.49 Å². The molecule has 2 heterocycles. The fourth-order valence-corrected chi connectivity index (χ4v) is 5.35. The standard InChI is InChI=1S/C31H35FN4O3/c1-6-31(4,5)27-13-12-26(22-8-7-9-25(32)17-22)36(27)28(37)18-33-29(38)23-11-10-21(19(2)14-23)16-24-15-20(3)34-35-30(24)39/h6-11,14-15,17,26-27H,1,12-13,16,18H2,2-5H3,(H,33,38)(H,35,39)/t26-,27+/m0/s1. The third-order valence-corrected chi connectivity index (χ3v) is 7.69. The number of hydrogen-bond donors (Lipinski definition) is 2. The average molecular weight is 531 g/mol. The second kappa shape index (κ2) is 11.4. The molecule has 2 amide bonds. The van der Waals surface area contributed by atoms with Crippen LogP contribution in [0.3, 0.4) is 0 Å². The third-order valence-electron chi connectivity index (χ3n) is 7.69. The number of benzene rings is 2. The lowest BCUT2D eigenvalue weighted by Crippen LogP contribution is -2.48. The van der Waals surface area contributed by atoms with Crippen molar-refractivity contribution < 1.29 is 14.0 Å². The molecule has 2 atom stereocenters. The summed E-state index contributed by atoms with van der Waals surface area (Å²) in [7, 11) is 0. The molecular weight excluding hydrogens is 495 g/mol. The van der Waals surface area contributed by atoms with Gasteiger partial charge < -0.3 is 10.2 Å². The fraction of sp³-hybridized carbons (Fsp3) is 0.355. The second-order valence-electron chi connectivity index (χ2n) is 10.9. The van der Waals surface area contributed by atoms with Gasteiger partial charge in [0.2, 0.25) is 5.91 Å². The zero-order valence-electron chi connectivity index (χ0n) is 22.9. The Kier molecular flexibility index (Phi) is 8.14. The number of aromatic amines is 1. The minimum absolute atomic E-state index is 0.130. The molecule has 1 saturated heterocycles. The molecule has 0 aliphatic carbocycles. The molecule has 2 N–H and O–H groups in total. The molecule has 1 aromatic heterocycles. The highest BCUT2D eigenvalue weighted by molar-refractivity contribution is 5.96. The summed E-state index contributed by atoms with van der Waals surface area (Å²) in [5.74, 6) is -0.936. The quantitative estimate of drug-likeness (QED) is 0.410. The highest BCUT2D eigenvalue weighted by Crippen LogP contribution is 2.43. The predicted octanol–water partition coefficient (Wildman–Crippen LogP) is 4.79. The van der Waals surface area contributed by atoms with E-state index in [1.807, 2.05) is 45.9 Å². The predicted molar refractivity (Wildman–Crippen MR) is 149 cm³/mol. The van der Waals surface area contributed by atoms with Crippen molar-refractivity contribution in [3.8, 4) is 0 Å². The van der Waals surface area contributed by atoms with Gasteiger partial charge in [0.15, 0.2) is 0 Å². The Bertz CT molecular complexity index is 1460. The molecule has 2 aromatic carbocycles. The maximum absolute atomic E-state index is 14.0. The van der Waals surface area contributed by atoms with Crippen molar-refractivity contribution in [2.45, 2.75) is 59.0 Å². The van der Waals surface area contributed by atoms with Crippen molar-refractivity contribution in [3.63, 3.8) is 0 Å². The Morgan fingerprint density at radius 2 is 1.92 bits per heavy atom. The number of carbonyl (C=O) groups excluding carboxylic acids is 2. The largest absolute Gasteiger partial charge is 0.343 e. The summed E-state index contributed by atoms with van der Waals surface area (Å²) in [6, 6.07) is 13.0. The number of carbonyl (C=O) groups is 2. The Morgan fingerprint density at radius 3 is 2.62 bits per heavy atom. The maximum Gasteiger partial charge on any atom is 0.267 e. The van der Waals surface area contributed by atoms with Crippen molar-refractivity contribution in [3.05, 3.63) is 111 Å². The summed E-state index contributed by atoms with van der Waals surface area (Å²) in [6.45, 7) is 11.5. The number of likely N-dealkylation sites (tertiary alicyclic amines) is 1. The van der Waals surface area contributed by atoms with Gasteiger partial charge in [-0.2, -0.15) is 5.10 Å². The number of hydrogen-bond acceptors (Lipinski definition) is 4. The van der Waals surface area contributed by atoms with Crippen molar-refractivity contribution in [1.82, 2.24) is 20.4 Å². The van der Waals surface area contributed by atoms with Gasteiger partial charge in [0, 0.05) is 29.0 Å². The lowest BCUT2D eigenvalue weighted by Gasteiger charge is -2.38. The van der Waals surface area contributed by atoms with Crippen LogP contribution in [0.4, 0.5) is 4.39 Å². The number of halogens is 1. The van der Waals surface area contributed by atoms with Gasteiger partial charge in [-0.1, -0.05) is 38.1 Å². The van der Waals surface area contributed by atoms with Crippen molar-refractivity contribution in [1.29, 1.82) is 0 Å². The van der Waals surface area contributed by atoms with E-state index in [1.54, 1.807) is 29.2 Å². The zero-order valence-corrected chi connectivity index (χ0v) is 22.9. The molecule has 7 nitrogen and oxygen atoms in total. The van der Waals surface area contributed by atoms with E-state index in [0.717, 1.165) is 28.8 Å². The van der Waals surface area contributed by atoms with Crippen LogP contribution >= 0.6 is 0 Å². The third kappa shape index (κ3) is 6.16. The highest BCUT2D eigenvalue weighted by Gasteiger charge is 2.43. The van der Waals surface area contributed by atoms with E-state index in [9.17, 15) is 18.8 Å². The monoisotopic (exact) mass is 530 g/mol. The van der Waals surface area contributed by atoms with E-state index in [-0.39, 0.29) is 47.2 Å². The molecule has 204 valence electrons. The van der Waals surface area contributed by atoms with E-state index < -0.39 is 0 Å². The fourth-order valence-electron chi connectivity index (χ4n) is 5.35. The molecule has 1 aliphatic heterocycles. The highest BCUT2D eigenvalue weighted by atomic mass is 19.1. The molecule has 0 unspecified atom stereocenters. The van der Waals surface area contributed by atoms with Crippen LogP contribution < -0.4 is 10.9 Å². The number of nitrogens with one attached hydrogen (secondary N) is 2. The van der Waals surface area contributed by atoms with Crippen LogP contribution in [0.5, 0.6) is 0 Å². The van der Waals surface area contributed by atoms with E-state index in [2.05, 4.69) is 22.1 Å². The molecule has 8 heteroatoms. The minimum atomic E-state index is -0.364. The first-order chi connectivity index (χ1) is 18.5. The van der Waals surface area contributed by atoms with Crippen LogP contribution in [0, 0.1) is 25.1 Å². The summed E-state index contributed by atoms with van der Waals surface area (Å²) in [6.07, 6.45) is 3.71. The van der Waals surface area contributed by atoms with Gasteiger partial charge in [-0.05, 0) is 73.7 Å². The lowest BCUT2D eigenvalue weighted by atomic mass is 9.83. The molecule has 1 fully saturated rings.